The number of Topliss-reactive ketones (excluding diaryl/α,β-unsaturated/α-hetero) is 1. The van der Waals surface area contributed by atoms with Crippen molar-refractivity contribution in [2.24, 2.45) is 5.92 Å². The van der Waals surface area contributed by atoms with Crippen LogP contribution in [0.25, 0.3) is 0 Å². The first kappa shape index (κ1) is 33.7. The summed E-state index contributed by atoms with van der Waals surface area (Å²) in [5, 5.41) is 2.85. The molecule has 0 aromatic heterocycles. The lowest BCUT2D eigenvalue weighted by Crippen LogP contribution is -2.16. The van der Waals surface area contributed by atoms with Crippen LogP contribution in [0.1, 0.15) is 136 Å². The molecule has 0 aliphatic heterocycles. The Kier molecular flexibility index (Phi) is 24.2. The number of nitrogens with one attached hydrogen (secondary N) is 1. The average molecular weight is 506 g/mol. The maximum atomic E-state index is 12.0. The number of phosphoric acid groups is 1. The third-order valence-corrected chi connectivity index (χ3v) is 7.44. The van der Waals surface area contributed by atoms with Crippen LogP contribution >= 0.6 is 7.82 Å². The van der Waals surface area contributed by atoms with Crippen LogP contribution in [0.4, 0.5) is 0 Å². The lowest BCUT2D eigenvalue weighted by atomic mass is 9.95. The number of hydrogen-bond acceptors (Lipinski definition) is 5. The molecule has 2 N–H and O–H groups in total. The summed E-state index contributed by atoms with van der Waals surface area (Å²) < 4.78 is 22.1. The summed E-state index contributed by atoms with van der Waals surface area (Å²) in [6.45, 7) is 4.81. The highest BCUT2D eigenvalue weighted by molar-refractivity contribution is 7.47. The van der Waals surface area contributed by atoms with E-state index in [-0.39, 0.29) is 24.9 Å². The molecule has 0 aromatic carbocycles. The third-order valence-electron chi connectivity index (χ3n) is 6.46. The molecule has 2 atom stereocenters. The van der Waals surface area contributed by atoms with E-state index in [1.807, 2.05) is 6.92 Å². The molecular formula is C27H56NO5P. The summed E-state index contributed by atoms with van der Waals surface area (Å²) >= 11 is 0. The summed E-state index contributed by atoms with van der Waals surface area (Å²) in [7, 11) is -2.31. The van der Waals surface area contributed by atoms with E-state index < -0.39 is 7.82 Å². The molecule has 0 spiro atoms. The minimum atomic E-state index is -4.06. The average Bonchev–Trinajstić information content (AvgIpc) is 2.82. The lowest BCUT2D eigenvalue weighted by Gasteiger charge is -2.18. The van der Waals surface area contributed by atoms with Gasteiger partial charge in [-0.1, -0.05) is 117 Å². The number of hydrogen-bond donors (Lipinski definition) is 2. The SMILES string of the molecule is CCCCCCCCCCCCCCCCCCC(COP(=O)(O)OCCNC)CC(=O)CC. The van der Waals surface area contributed by atoms with E-state index >= 15 is 0 Å². The molecule has 0 amide bonds. The highest BCUT2D eigenvalue weighted by Crippen LogP contribution is 2.43. The van der Waals surface area contributed by atoms with Crippen LogP contribution in [0.3, 0.4) is 0 Å². The van der Waals surface area contributed by atoms with Gasteiger partial charge in [0.25, 0.3) is 0 Å². The first-order valence-electron chi connectivity index (χ1n) is 14.2. The fraction of sp³-hybridized carbons (Fsp3) is 0.963. The fourth-order valence-corrected chi connectivity index (χ4v) is 4.99. The van der Waals surface area contributed by atoms with Gasteiger partial charge in [-0.3, -0.25) is 13.8 Å². The van der Waals surface area contributed by atoms with Crippen LogP contribution in [0, 0.1) is 5.92 Å². The zero-order valence-corrected chi connectivity index (χ0v) is 23.6. The minimum Gasteiger partial charge on any atom is -0.317 e. The summed E-state index contributed by atoms with van der Waals surface area (Å²) in [4.78, 5) is 21.7. The van der Waals surface area contributed by atoms with Gasteiger partial charge in [0.2, 0.25) is 0 Å². The zero-order chi connectivity index (χ0) is 25.3. The molecule has 6 nitrogen and oxygen atoms in total. The quantitative estimate of drug-likeness (QED) is 0.0869. The monoisotopic (exact) mass is 505 g/mol. The van der Waals surface area contributed by atoms with E-state index in [0.717, 1.165) is 19.3 Å². The molecule has 7 heteroatoms. The van der Waals surface area contributed by atoms with Gasteiger partial charge in [0.1, 0.15) is 5.78 Å². The van der Waals surface area contributed by atoms with Crippen molar-refractivity contribution in [1.29, 1.82) is 0 Å². The van der Waals surface area contributed by atoms with Crippen molar-refractivity contribution in [3.05, 3.63) is 0 Å². The molecule has 0 heterocycles. The molecule has 0 aliphatic carbocycles. The Balaban J connectivity index is 3.77. The smallest absolute Gasteiger partial charge is 0.317 e. The highest BCUT2D eigenvalue weighted by atomic mass is 31.2. The second-order valence-electron chi connectivity index (χ2n) is 9.76. The van der Waals surface area contributed by atoms with Crippen LogP contribution < -0.4 is 5.32 Å². The van der Waals surface area contributed by atoms with Crippen LogP contribution in [-0.2, 0) is 18.4 Å². The number of ketones is 1. The molecular weight excluding hydrogens is 449 g/mol. The molecule has 2 unspecified atom stereocenters. The van der Waals surface area contributed by atoms with Crippen molar-refractivity contribution in [1.82, 2.24) is 5.32 Å². The maximum Gasteiger partial charge on any atom is 0.472 e. The zero-order valence-electron chi connectivity index (χ0n) is 22.7. The van der Waals surface area contributed by atoms with Crippen molar-refractivity contribution >= 4 is 13.6 Å². The molecule has 0 aromatic rings. The van der Waals surface area contributed by atoms with Crippen molar-refractivity contribution in [3.63, 3.8) is 0 Å². The highest BCUT2D eigenvalue weighted by Gasteiger charge is 2.24. The fourth-order valence-electron chi connectivity index (χ4n) is 4.19. The molecule has 0 saturated carbocycles. The van der Waals surface area contributed by atoms with Gasteiger partial charge < -0.3 is 10.2 Å². The molecule has 0 saturated heterocycles. The number of phosphoric ester groups is 1. The van der Waals surface area contributed by atoms with Crippen molar-refractivity contribution < 1.29 is 23.3 Å². The van der Waals surface area contributed by atoms with Crippen LogP contribution in [0.15, 0.2) is 0 Å². The van der Waals surface area contributed by atoms with Gasteiger partial charge in [0.05, 0.1) is 13.2 Å². The molecule has 0 rings (SSSR count). The first-order chi connectivity index (χ1) is 16.4. The normalized spacial score (nSPS) is 14.2. The Morgan fingerprint density at radius 2 is 1.26 bits per heavy atom. The van der Waals surface area contributed by atoms with Crippen molar-refractivity contribution in [2.75, 3.05) is 26.8 Å². The molecule has 34 heavy (non-hydrogen) atoms. The van der Waals surface area contributed by atoms with E-state index in [1.54, 1.807) is 7.05 Å². The van der Waals surface area contributed by atoms with Crippen LogP contribution in [0.5, 0.6) is 0 Å². The van der Waals surface area contributed by atoms with Gasteiger partial charge in [0, 0.05) is 19.4 Å². The summed E-state index contributed by atoms with van der Waals surface area (Å²) in [5.41, 5.74) is 0. The number of carbonyl (C=O) groups excluding carboxylic acids is 1. The molecule has 0 aliphatic rings. The summed E-state index contributed by atoms with van der Waals surface area (Å²) in [6.07, 6.45) is 23.0. The van der Waals surface area contributed by atoms with E-state index in [9.17, 15) is 14.3 Å². The number of carbonyl (C=O) groups is 1. The Bertz CT molecular complexity index is 503. The lowest BCUT2D eigenvalue weighted by molar-refractivity contribution is -0.120. The Labute approximate surface area is 211 Å². The maximum absolute atomic E-state index is 12.0. The van der Waals surface area contributed by atoms with Gasteiger partial charge in [-0.05, 0) is 19.4 Å². The van der Waals surface area contributed by atoms with E-state index in [2.05, 4.69) is 12.2 Å². The molecule has 0 bridgehead atoms. The Morgan fingerprint density at radius 1 is 0.794 bits per heavy atom. The predicted molar refractivity (Wildman–Crippen MR) is 143 cm³/mol. The topological polar surface area (TPSA) is 84.9 Å². The van der Waals surface area contributed by atoms with Gasteiger partial charge in [0.15, 0.2) is 0 Å². The van der Waals surface area contributed by atoms with E-state index in [1.165, 1.54) is 89.9 Å². The van der Waals surface area contributed by atoms with E-state index in [0.29, 0.717) is 19.4 Å². The van der Waals surface area contributed by atoms with Crippen molar-refractivity contribution in [3.8, 4) is 0 Å². The van der Waals surface area contributed by atoms with Crippen molar-refractivity contribution in [2.45, 2.75) is 136 Å². The predicted octanol–water partition coefficient (Wildman–Crippen LogP) is 7.98. The Hall–Kier alpha value is -0.260. The van der Waals surface area contributed by atoms with Gasteiger partial charge in [-0.15, -0.1) is 0 Å². The summed E-state index contributed by atoms with van der Waals surface area (Å²) in [5.74, 6) is 0.154. The second-order valence-corrected chi connectivity index (χ2v) is 11.2. The number of likely N-dealkylation sites (N-methyl/N-ethyl adjacent to an activating group) is 1. The van der Waals surface area contributed by atoms with Gasteiger partial charge in [-0.25, -0.2) is 4.57 Å². The summed E-state index contributed by atoms with van der Waals surface area (Å²) in [6, 6.07) is 0. The van der Waals surface area contributed by atoms with Gasteiger partial charge >= 0.3 is 7.82 Å². The standard InChI is InChI=1S/C27H56NO5P/c1-4-6-7-8-9-10-11-12-13-14-15-16-17-18-19-20-21-26(24-27(29)5-2)25-33-34(30,31)32-23-22-28-3/h26,28H,4-25H2,1-3H3,(H,30,31). The second kappa shape index (κ2) is 24.4. The van der Waals surface area contributed by atoms with Crippen LogP contribution in [-0.4, -0.2) is 37.5 Å². The Morgan fingerprint density at radius 3 is 1.71 bits per heavy atom. The van der Waals surface area contributed by atoms with Crippen LogP contribution in [0.2, 0.25) is 0 Å². The number of rotatable bonds is 27. The van der Waals surface area contributed by atoms with E-state index in [4.69, 9.17) is 9.05 Å². The molecule has 0 radical (unpaired) electrons. The largest absolute Gasteiger partial charge is 0.472 e. The molecule has 204 valence electrons. The molecule has 0 fully saturated rings. The minimum absolute atomic E-state index is 0.0209. The third kappa shape index (κ3) is 23.5. The number of unbranched alkanes of at least 4 members (excludes halogenated alkanes) is 15. The first-order valence-corrected chi connectivity index (χ1v) is 15.7. The van der Waals surface area contributed by atoms with Gasteiger partial charge in [-0.2, -0.15) is 0 Å².